The quantitative estimate of drug-likeness (QED) is 0.535. The van der Waals surface area contributed by atoms with Gasteiger partial charge in [-0.25, -0.2) is 4.79 Å². The van der Waals surface area contributed by atoms with Crippen molar-refractivity contribution in [3.8, 4) is 5.75 Å². The Morgan fingerprint density at radius 3 is 2.55 bits per heavy atom. The van der Waals surface area contributed by atoms with Gasteiger partial charge >= 0.3 is 5.97 Å². The molecule has 0 fully saturated rings. The van der Waals surface area contributed by atoms with Crippen molar-refractivity contribution in [2.45, 2.75) is 0 Å². The molecule has 0 radical (unpaired) electrons. The van der Waals surface area contributed by atoms with Crippen LogP contribution in [0.25, 0.3) is 31.6 Å². The van der Waals surface area contributed by atoms with Crippen LogP contribution in [0.1, 0.15) is 10.4 Å². The summed E-state index contributed by atoms with van der Waals surface area (Å²) in [6.45, 7) is 0. The third-order valence-electron chi connectivity index (χ3n) is 4.00. The summed E-state index contributed by atoms with van der Waals surface area (Å²) in [4.78, 5) is 11.6. The van der Waals surface area contributed by atoms with E-state index in [4.69, 9.17) is 4.74 Å². The van der Waals surface area contributed by atoms with Crippen molar-refractivity contribution in [2.75, 3.05) is 7.11 Å². The second-order valence-corrected chi connectivity index (χ2v) is 6.02. The van der Waals surface area contributed by atoms with Crippen molar-refractivity contribution in [3.63, 3.8) is 0 Å². The van der Waals surface area contributed by atoms with E-state index < -0.39 is 5.97 Å². The Balaban J connectivity index is 2.26. The molecule has 0 unspecified atom stereocenters. The second-order valence-electron chi connectivity index (χ2n) is 5.11. The Morgan fingerprint density at radius 1 is 1.00 bits per heavy atom. The molecule has 0 amide bonds. The van der Waals surface area contributed by atoms with Crippen LogP contribution in [0.5, 0.6) is 5.75 Å². The summed E-state index contributed by atoms with van der Waals surface area (Å²) >= 11 is 1.46. The van der Waals surface area contributed by atoms with Gasteiger partial charge in [0.25, 0.3) is 0 Å². The molecule has 4 rings (SSSR count). The zero-order chi connectivity index (χ0) is 15.3. The Morgan fingerprint density at radius 2 is 1.77 bits per heavy atom. The van der Waals surface area contributed by atoms with Gasteiger partial charge in [-0.05, 0) is 45.8 Å². The zero-order valence-electron chi connectivity index (χ0n) is 11.8. The number of methoxy groups -OCH3 is 1. The number of carboxylic acid groups (broad SMARTS) is 1. The minimum atomic E-state index is -0.894. The number of hydrogen-bond acceptors (Lipinski definition) is 3. The van der Waals surface area contributed by atoms with Crippen LogP contribution in [0.2, 0.25) is 0 Å². The standard InChI is InChI=1S/C18H12O3S/c1-21-16-4-2-3-10-12(16)6-5-11-13-7-8-22-17(13)15(18(19)20)9-14(10)11/h2-9H,1H3,(H,19,20). The molecule has 0 bridgehead atoms. The van der Waals surface area contributed by atoms with E-state index >= 15 is 0 Å². The van der Waals surface area contributed by atoms with Gasteiger partial charge < -0.3 is 9.84 Å². The fraction of sp³-hybridized carbons (Fsp3) is 0.0556. The molecular weight excluding hydrogens is 296 g/mol. The number of rotatable bonds is 2. The van der Waals surface area contributed by atoms with E-state index in [1.165, 1.54) is 11.3 Å². The lowest BCUT2D eigenvalue weighted by Crippen LogP contribution is -1.96. The van der Waals surface area contributed by atoms with E-state index in [1.54, 1.807) is 13.2 Å². The molecular formula is C18H12O3S. The maximum Gasteiger partial charge on any atom is 0.337 e. The van der Waals surface area contributed by atoms with E-state index in [9.17, 15) is 9.90 Å². The summed E-state index contributed by atoms with van der Waals surface area (Å²) in [5, 5.41) is 16.5. The monoisotopic (exact) mass is 308 g/mol. The van der Waals surface area contributed by atoms with Crippen molar-refractivity contribution < 1.29 is 14.6 Å². The number of thiophene rings is 1. The summed E-state index contributed by atoms with van der Waals surface area (Å²) in [7, 11) is 1.64. The molecule has 1 aromatic heterocycles. The topological polar surface area (TPSA) is 46.5 Å². The van der Waals surface area contributed by atoms with Crippen LogP contribution >= 0.6 is 11.3 Å². The minimum Gasteiger partial charge on any atom is -0.496 e. The molecule has 0 atom stereocenters. The molecule has 0 aliphatic rings. The molecule has 108 valence electrons. The zero-order valence-corrected chi connectivity index (χ0v) is 12.6. The predicted octanol–water partition coefficient (Wildman–Crippen LogP) is 4.91. The number of hydrogen-bond donors (Lipinski definition) is 1. The first-order valence-corrected chi connectivity index (χ1v) is 7.71. The molecule has 0 aliphatic heterocycles. The van der Waals surface area contributed by atoms with Gasteiger partial charge in [-0.1, -0.05) is 18.2 Å². The summed E-state index contributed by atoms with van der Waals surface area (Å²) in [6.07, 6.45) is 0. The molecule has 22 heavy (non-hydrogen) atoms. The van der Waals surface area contributed by atoms with Crippen LogP contribution in [-0.2, 0) is 0 Å². The molecule has 0 saturated heterocycles. The first-order valence-electron chi connectivity index (χ1n) is 6.83. The third kappa shape index (κ3) is 1.71. The van der Waals surface area contributed by atoms with Gasteiger partial charge in [-0.15, -0.1) is 11.3 Å². The molecule has 0 saturated carbocycles. The number of ether oxygens (including phenoxy) is 1. The highest BCUT2D eigenvalue weighted by Gasteiger charge is 2.15. The largest absolute Gasteiger partial charge is 0.496 e. The molecule has 0 spiro atoms. The lowest BCUT2D eigenvalue weighted by atomic mass is 9.97. The number of fused-ring (bicyclic) bond motifs is 5. The first kappa shape index (κ1) is 13.1. The highest BCUT2D eigenvalue weighted by Crippen LogP contribution is 2.38. The van der Waals surface area contributed by atoms with Gasteiger partial charge in [0.2, 0.25) is 0 Å². The predicted molar refractivity (Wildman–Crippen MR) is 90.3 cm³/mol. The van der Waals surface area contributed by atoms with E-state index in [2.05, 4.69) is 0 Å². The van der Waals surface area contributed by atoms with Crippen LogP contribution in [0.3, 0.4) is 0 Å². The smallest absolute Gasteiger partial charge is 0.337 e. The van der Waals surface area contributed by atoms with E-state index in [0.717, 1.165) is 37.4 Å². The Bertz CT molecular complexity index is 1050. The molecule has 4 aromatic rings. The van der Waals surface area contributed by atoms with Crippen molar-refractivity contribution in [2.24, 2.45) is 0 Å². The molecule has 3 nitrogen and oxygen atoms in total. The maximum absolute atomic E-state index is 11.6. The second kappa shape index (κ2) is 4.71. The number of carboxylic acids is 1. The van der Waals surface area contributed by atoms with Crippen LogP contribution in [0.4, 0.5) is 0 Å². The van der Waals surface area contributed by atoms with Crippen LogP contribution in [0.15, 0.2) is 47.8 Å². The Hall–Kier alpha value is -2.59. The number of carbonyl (C=O) groups is 1. The Labute approximate surface area is 130 Å². The third-order valence-corrected chi connectivity index (χ3v) is 4.95. The fourth-order valence-electron chi connectivity index (χ4n) is 3.02. The molecule has 1 heterocycles. The van der Waals surface area contributed by atoms with Crippen LogP contribution in [0, 0.1) is 0 Å². The van der Waals surface area contributed by atoms with E-state index in [0.29, 0.717) is 5.56 Å². The van der Waals surface area contributed by atoms with Gasteiger partial charge in [0.05, 0.1) is 12.7 Å². The summed E-state index contributed by atoms with van der Waals surface area (Å²) in [5.74, 6) is -0.101. The Kier molecular flexibility index (Phi) is 2.81. The van der Waals surface area contributed by atoms with Crippen molar-refractivity contribution in [3.05, 3.63) is 53.4 Å². The van der Waals surface area contributed by atoms with Gasteiger partial charge in [0.1, 0.15) is 5.75 Å². The first-order chi connectivity index (χ1) is 10.7. The highest BCUT2D eigenvalue weighted by molar-refractivity contribution is 7.17. The van der Waals surface area contributed by atoms with E-state index in [-0.39, 0.29) is 0 Å². The summed E-state index contributed by atoms with van der Waals surface area (Å²) < 4.78 is 6.23. The van der Waals surface area contributed by atoms with Crippen molar-refractivity contribution in [1.29, 1.82) is 0 Å². The summed E-state index contributed by atoms with van der Waals surface area (Å²) in [6, 6.07) is 13.7. The van der Waals surface area contributed by atoms with Gasteiger partial charge in [0.15, 0.2) is 0 Å². The summed E-state index contributed by atoms with van der Waals surface area (Å²) in [5.41, 5.74) is 0.354. The van der Waals surface area contributed by atoms with Crippen molar-refractivity contribution >= 4 is 48.9 Å². The lowest BCUT2D eigenvalue weighted by Gasteiger charge is -2.10. The highest BCUT2D eigenvalue weighted by atomic mass is 32.1. The molecule has 4 heteroatoms. The van der Waals surface area contributed by atoms with Crippen LogP contribution < -0.4 is 4.74 Å². The average Bonchev–Trinajstić information content (AvgIpc) is 3.02. The van der Waals surface area contributed by atoms with Crippen molar-refractivity contribution in [1.82, 2.24) is 0 Å². The van der Waals surface area contributed by atoms with Gasteiger partial charge in [0, 0.05) is 15.5 Å². The number of benzene rings is 3. The van der Waals surface area contributed by atoms with E-state index in [1.807, 2.05) is 41.8 Å². The van der Waals surface area contributed by atoms with Gasteiger partial charge in [-0.2, -0.15) is 0 Å². The lowest BCUT2D eigenvalue weighted by molar-refractivity contribution is 0.0699. The SMILES string of the molecule is COc1cccc2c1ccc1c3ccsc3c(C(=O)O)cc21. The van der Waals surface area contributed by atoms with Gasteiger partial charge in [-0.3, -0.25) is 0 Å². The molecule has 0 aliphatic carbocycles. The fourth-order valence-corrected chi connectivity index (χ4v) is 3.94. The normalized spacial score (nSPS) is 11.3. The average molecular weight is 308 g/mol. The molecule has 3 aromatic carbocycles. The number of aromatic carboxylic acids is 1. The van der Waals surface area contributed by atoms with Crippen LogP contribution in [-0.4, -0.2) is 18.2 Å². The minimum absolute atomic E-state index is 0.354. The molecule has 1 N–H and O–H groups in total. The maximum atomic E-state index is 11.6.